The van der Waals surface area contributed by atoms with Crippen LogP contribution in [0.3, 0.4) is 0 Å². The van der Waals surface area contributed by atoms with Gasteiger partial charge >= 0.3 is 0 Å². The minimum absolute atomic E-state index is 0.134. The standard InChI is InChI=1S/C13H12BrNO2S/c1-9-2-4-10(5-3-9)12-8-11(14)6-7-13(12)18(15,16)17/h2-8H,1H3,(H2,15,16,17). The minimum Gasteiger partial charge on any atom is -0.225 e. The van der Waals surface area contributed by atoms with Crippen LogP contribution in [0, 0.1) is 6.92 Å². The van der Waals surface area contributed by atoms with Gasteiger partial charge in [0.15, 0.2) is 0 Å². The zero-order valence-corrected chi connectivity index (χ0v) is 12.1. The van der Waals surface area contributed by atoms with Crippen molar-refractivity contribution in [2.24, 2.45) is 5.14 Å². The van der Waals surface area contributed by atoms with Crippen LogP contribution in [0.1, 0.15) is 5.56 Å². The van der Waals surface area contributed by atoms with Crippen LogP contribution in [0.5, 0.6) is 0 Å². The average molecular weight is 326 g/mol. The molecule has 0 atom stereocenters. The molecular formula is C13H12BrNO2S. The first-order chi connectivity index (χ1) is 8.38. The molecular weight excluding hydrogens is 314 g/mol. The van der Waals surface area contributed by atoms with Crippen molar-refractivity contribution in [3.63, 3.8) is 0 Å². The second kappa shape index (κ2) is 4.84. The molecule has 0 saturated carbocycles. The van der Waals surface area contributed by atoms with Gasteiger partial charge in [-0.1, -0.05) is 45.8 Å². The third kappa shape index (κ3) is 2.80. The van der Waals surface area contributed by atoms with Crippen LogP contribution >= 0.6 is 15.9 Å². The van der Waals surface area contributed by atoms with Crippen molar-refractivity contribution in [1.29, 1.82) is 0 Å². The van der Waals surface area contributed by atoms with E-state index in [1.54, 1.807) is 12.1 Å². The van der Waals surface area contributed by atoms with Crippen LogP contribution < -0.4 is 5.14 Å². The van der Waals surface area contributed by atoms with Crippen LogP contribution in [0.15, 0.2) is 51.8 Å². The van der Waals surface area contributed by atoms with Crippen molar-refractivity contribution in [2.45, 2.75) is 11.8 Å². The smallest absolute Gasteiger partial charge is 0.225 e. The van der Waals surface area contributed by atoms with E-state index in [0.29, 0.717) is 5.56 Å². The molecule has 0 unspecified atom stereocenters. The van der Waals surface area contributed by atoms with Crippen LogP contribution in [0.4, 0.5) is 0 Å². The Bertz CT molecular complexity index is 679. The van der Waals surface area contributed by atoms with Gasteiger partial charge in [-0.15, -0.1) is 0 Å². The molecule has 0 radical (unpaired) electrons. The molecule has 0 saturated heterocycles. The second-order valence-corrected chi connectivity index (χ2v) is 6.50. The van der Waals surface area contributed by atoms with E-state index in [-0.39, 0.29) is 4.90 Å². The number of primary sulfonamides is 1. The van der Waals surface area contributed by atoms with Gasteiger partial charge in [0.25, 0.3) is 0 Å². The highest BCUT2D eigenvalue weighted by Gasteiger charge is 2.15. The Morgan fingerprint density at radius 3 is 2.22 bits per heavy atom. The average Bonchev–Trinajstić information content (AvgIpc) is 2.28. The number of benzene rings is 2. The zero-order valence-electron chi connectivity index (χ0n) is 9.72. The van der Waals surface area contributed by atoms with E-state index in [4.69, 9.17) is 5.14 Å². The van der Waals surface area contributed by atoms with Crippen molar-refractivity contribution < 1.29 is 8.42 Å². The van der Waals surface area contributed by atoms with Crippen LogP contribution in [-0.2, 0) is 10.0 Å². The first-order valence-electron chi connectivity index (χ1n) is 5.27. The summed E-state index contributed by atoms with van der Waals surface area (Å²) in [6.45, 7) is 1.98. The molecule has 2 N–H and O–H groups in total. The van der Waals surface area contributed by atoms with Gasteiger partial charge in [0, 0.05) is 10.0 Å². The van der Waals surface area contributed by atoms with Crippen molar-refractivity contribution in [3.8, 4) is 11.1 Å². The molecule has 94 valence electrons. The van der Waals surface area contributed by atoms with Gasteiger partial charge in [-0.3, -0.25) is 0 Å². The fourth-order valence-corrected chi connectivity index (χ4v) is 2.81. The van der Waals surface area contributed by atoms with Crippen molar-refractivity contribution >= 4 is 26.0 Å². The summed E-state index contributed by atoms with van der Waals surface area (Å²) in [7, 11) is -3.73. The van der Waals surface area contributed by atoms with E-state index in [1.807, 2.05) is 31.2 Å². The zero-order chi connectivity index (χ0) is 13.3. The van der Waals surface area contributed by atoms with Gasteiger partial charge in [-0.25, -0.2) is 13.6 Å². The number of sulfonamides is 1. The maximum atomic E-state index is 11.6. The summed E-state index contributed by atoms with van der Waals surface area (Å²) in [5, 5.41) is 5.23. The molecule has 0 spiro atoms. The highest BCUT2D eigenvalue weighted by molar-refractivity contribution is 9.10. The number of hydrogen-bond acceptors (Lipinski definition) is 2. The SMILES string of the molecule is Cc1ccc(-c2cc(Br)ccc2S(N)(=O)=O)cc1. The van der Waals surface area contributed by atoms with Gasteiger partial charge in [0.1, 0.15) is 0 Å². The third-order valence-corrected chi connectivity index (χ3v) is 4.07. The summed E-state index contributed by atoms with van der Waals surface area (Å²) in [4.78, 5) is 0.134. The summed E-state index contributed by atoms with van der Waals surface area (Å²) in [6, 6.07) is 12.6. The molecule has 0 fully saturated rings. The first-order valence-corrected chi connectivity index (χ1v) is 7.61. The van der Waals surface area contributed by atoms with Gasteiger partial charge < -0.3 is 0 Å². The Labute approximate surface area is 115 Å². The van der Waals surface area contributed by atoms with Crippen LogP contribution in [-0.4, -0.2) is 8.42 Å². The van der Waals surface area contributed by atoms with Crippen LogP contribution in [0.2, 0.25) is 0 Å². The molecule has 0 bridgehead atoms. The lowest BCUT2D eigenvalue weighted by molar-refractivity contribution is 0.598. The Kier molecular flexibility index (Phi) is 3.56. The number of aryl methyl sites for hydroxylation is 1. The van der Waals surface area contributed by atoms with Gasteiger partial charge in [0.05, 0.1) is 4.90 Å². The van der Waals surface area contributed by atoms with E-state index in [0.717, 1.165) is 15.6 Å². The van der Waals surface area contributed by atoms with Crippen LogP contribution in [0.25, 0.3) is 11.1 Å². The summed E-state index contributed by atoms with van der Waals surface area (Å²) in [5.41, 5.74) is 2.55. The Morgan fingerprint density at radius 1 is 1.06 bits per heavy atom. The van der Waals surface area contributed by atoms with Gasteiger partial charge in [-0.05, 0) is 30.7 Å². The molecule has 0 aliphatic heterocycles. The van der Waals surface area contributed by atoms with E-state index < -0.39 is 10.0 Å². The number of nitrogens with two attached hydrogens (primary N) is 1. The topological polar surface area (TPSA) is 60.2 Å². The molecule has 0 heterocycles. The maximum absolute atomic E-state index is 11.6. The third-order valence-electron chi connectivity index (χ3n) is 2.61. The highest BCUT2D eigenvalue weighted by atomic mass is 79.9. The Hall–Kier alpha value is -1.17. The molecule has 2 aromatic rings. The monoisotopic (exact) mass is 325 g/mol. The Morgan fingerprint density at radius 2 is 1.67 bits per heavy atom. The second-order valence-electron chi connectivity index (χ2n) is 4.05. The predicted molar refractivity (Wildman–Crippen MR) is 75.7 cm³/mol. The Balaban J connectivity index is 2.69. The van der Waals surface area contributed by atoms with Gasteiger partial charge in [-0.2, -0.15) is 0 Å². The molecule has 0 aliphatic carbocycles. The first kappa shape index (κ1) is 13.3. The lowest BCUT2D eigenvalue weighted by Crippen LogP contribution is -2.13. The molecule has 0 aromatic heterocycles. The largest absolute Gasteiger partial charge is 0.238 e. The lowest BCUT2D eigenvalue weighted by Gasteiger charge is -2.09. The summed E-state index contributed by atoms with van der Waals surface area (Å²) >= 11 is 3.34. The predicted octanol–water partition coefficient (Wildman–Crippen LogP) is 3.07. The quantitative estimate of drug-likeness (QED) is 0.922. The van der Waals surface area contributed by atoms with Crippen molar-refractivity contribution in [1.82, 2.24) is 0 Å². The van der Waals surface area contributed by atoms with Gasteiger partial charge in [0.2, 0.25) is 10.0 Å². The molecule has 0 amide bonds. The van der Waals surface area contributed by atoms with E-state index in [1.165, 1.54) is 6.07 Å². The molecule has 2 rings (SSSR count). The van der Waals surface area contributed by atoms with Crippen molar-refractivity contribution in [2.75, 3.05) is 0 Å². The minimum atomic E-state index is -3.73. The maximum Gasteiger partial charge on any atom is 0.238 e. The lowest BCUT2D eigenvalue weighted by atomic mass is 10.0. The summed E-state index contributed by atoms with van der Waals surface area (Å²) in [6.07, 6.45) is 0. The number of rotatable bonds is 2. The van der Waals surface area contributed by atoms with E-state index in [9.17, 15) is 8.42 Å². The fourth-order valence-electron chi connectivity index (χ4n) is 1.71. The molecule has 2 aromatic carbocycles. The molecule has 5 heteroatoms. The van der Waals surface area contributed by atoms with Crippen molar-refractivity contribution in [3.05, 3.63) is 52.5 Å². The van der Waals surface area contributed by atoms with E-state index >= 15 is 0 Å². The molecule has 18 heavy (non-hydrogen) atoms. The normalized spacial score (nSPS) is 11.5. The number of hydrogen-bond donors (Lipinski definition) is 1. The number of halogens is 1. The molecule has 0 aliphatic rings. The van der Waals surface area contributed by atoms with E-state index in [2.05, 4.69) is 15.9 Å². The summed E-state index contributed by atoms with van der Waals surface area (Å²) in [5.74, 6) is 0. The summed E-state index contributed by atoms with van der Waals surface area (Å²) < 4.78 is 23.9. The highest BCUT2D eigenvalue weighted by Crippen LogP contribution is 2.29. The fraction of sp³-hybridized carbons (Fsp3) is 0.0769. The molecule has 3 nitrogen and oxygen atoms in total.